The highest BCUT2D eigenvalue weighted by Gasteiger charge is 2.15. The third-order valence-corrected chi connectivity index (χ3v) is 9.20. The number of methoxy groups -OCH3 is 1. The Bertz CT molecular complexity index is 2020. The summed E-state index contributed by atoms with van der Waals surface area (Å²) in [4.78, 5) is 43.0. The van der Waals surface area contributed by atoms with Gasteiger partial charge in [-0.3, -0.25) is 19.6 Å². The van der Waals surface area contributed by atoms with Crippen LogP contribution in [0.2, 0.25) is 0 Å². The number of nitrogens with zero attached hydrogens (tertiary/aromatic N) is 3. The summed E-state index contributed by atoms with van der Waals surface area (Å²) in [5.74, 6) is 0.217. The van der Waals surface area contributed by atoms with Gasteiger partial charge in [0.2, 0.25) is 12.3 Å². The minimum Gasteiger partial charge on any atom is -0.453 e. The minimum absolute atomic E-state index is 0.0127. The smallest absolute Gasteiger partial charge is 0.219 e. The summed E-state index contributed by atoms with van der Waals surface area (Å²) >= 11 is 1.48. The zero-order valence-corrected chi connectivity index (χ0v) is 30.5. The van der Waals surface area contributed by atoms with Gasteiger partial charge in [-0.1, -0.05) is 19.1 Å². The number of amides is 2. The Labute approximate surface area is 300 Å². The highest BCUT2D eigenvalue weighted by Crippen LogP contribution is 2.39. The fourth-order valence-corrected chi connectivity index (χ4v) is 6.01. The first-order valence-electron chi connectivity index (χ1n) is 15.6. The lowest BCUT2D eigenvalue weighted by atomic mass is 10.2. The zero-order valence-electron chi connectivity index (χ0n) is 28.9. The van der Waals surface area contributed by atoms with Gasteiger partial charge in [0, 0.05) is 82.7 Å². The van der Waals surface area contributed by atoms with Crippen molar-refractivity contribution in [1.29, 1.82) is 0 Å². The van der Waals surface area contributed by atoms with Crippen molar-refractivity contribution in [2.75, 3.05) is 44.2 Å². The number of aldehydes is 1. The van der Waals surface area contributed by atoms with E-state index in [2.05, 4.69) is 20.6 Å². The van der Waals surface area contributed by atoms with Crippen molar-refractivity contribution >= 4 is 61.4 Å². The molecule has 3 aromatic heterocycles. The molecule has 15 heteroatoms. The number of benzene rings is 2. The number of sulfone groups is 1. The SMILES string of the molecule is CCC=O.CNc1ccc(Oc2ccnc3cc(-c4ccc(CN(CCOC)C(C)=O)cn4)sc23)c(F)c1.CS(=O)(=O)c1cccc(NC=O)c1. The summed E-state index contributed by atoms with van der Waals surface area (Å²) in [5, 5.41) is 5.28. The molecule has 0 atom stereocenters. The van der Waals surface area contributed by atoms with Crippen LogP contribution in [0.15, 0.2) is 84.0 Å². The van der Waals surface area contributed by atoms with E-state index in [4.69, 9.17) is 9.47 Å². The summed E-state index contributed by atoms with van der Waals surface area (Å²) in [6, 6.07) is 18.4. The standard InChI is InChI=1S/C25H25FN4O3S.C8H9NO3S.C3H6O/c1-16(31)30(10-11-32-3)15-17-4-6-20(29-14-17)24-13-21-25(34-24)23(8-9-28-21)33-22-7-5-18(27-2)12-19(22)26;1-13(11,12)8-4-2-3-7(5-8)9-6-10;1-2-3-4/h4-9,12-14,27H,10-11,15H2,1-3H3;2-6H,1H3,(H,9,10);3H,2H2,1H3. The predicted octanol–water partition coefficient (Wildman–Crippen LogP) is 6.58. The number of nitrogens with one attached hydrogen (secondary N) is 2. The van der Waals surface area contributed by atoms with Gasteiger partial charge in [0.05, 0.1) is 32.3 Å². The maximum absolute atomic E-state index is 14.4. The van der Waals surface area contributed by atoms with Crippen molar-refractivity contribution in [1.82, 2.24) is 14.9 Å². The molecule has 3 heterocycles. The van der Waals surface area contributed by atoms with E-state index in [1.165, 1.54) is 29.5 Å². The molecule has 0 fully saturated rings. The molecule has 5 rings (SSSR count). The van der Waals surface area contributed by atoms with Crippen LogP contribution in [0, 0.1) is 5.82 Å². The lowest BCUT2D eigenvalue weighted by Crippen LogP contribution is -2.31. The fourth-order valence-electron chi connectivity index (χ4n) is 4.30. The number of thiophene rings is 1. The lowest BCUT2D eigenvalue weighted by molar-refractivity contribution is -0.130. The lowest BCUT2D eigenvalue weighted by Gasteiger charge is -2.20. The van der Waals surface area contributed by atoms with Crippen LogP contribution in [-0.4, -0.2) is 75.5 Å². The molecule has 0 saturated heterocycles. The number of hydrogen-bond donors (Lipinski definition) is 2. The van der Waals surface area contributed by atoms with E-state index in [-0.39, 0.29) is 16.6 Å². The van der Waals surface area contributed by atoms with Crippen molar-refractivity contribution in [3.05, 3.63) is 90.5 Å². The van der Waals surface area contributed by atoms with E-state index >= 15 is 0 Å². The van der Waals surface area contributed by atoms with Crippen molar-refractivity contribution in [3.8, 4) is 22.1 Å². The Hall–Kier alpha value is -5.25. The molecule has 51 heavy (non-hydrogen) atoms. The third-order valence-electron chi connectivity index (χ3n) is 6.93. The molecule has 0 bridgehead atoms. The highest BCUT2D eigenvalue weighted by atomic mass is 32.2. The number of carbonyl (C=O) groups is 3. The summed E-state index contributed by atoms with van der Waals surface area (Å²) in [6.45, 7) is 4.83. The van der Waals surface area contributed by atoms with Gasteiger partial charge in [-0.25, -0.2) is 12.8 Å². The monoisotopic (exact) mass is 737 g/mol. The average Bonchev–Trinajstić information content (AvgIpc) is 3.57. The molecule has 0 unspecified atom stereocenters. The molecule has 0 saturated carbocycles. The molecule has 0 spiro atoms. The van der Waals surface area contributed by atoms with Crippen molar-refractivity contribution in [2.45, 2.75) is 31.7 Å². The molecule has 0 aliphatic carbocycles. The predicted molar refractivity (Wildman–Crippen MR) is 197 cm³/mol. The zero-order chi connectivity index (χ0) is 37.4. The Kier molecular flexibility index (Phi) is 15.6. The minimum atomic E-state index is -3.20. The van der Waals surface area contributed by atoms with E-state index in [0.717, 1.165) is 38.9 Å². The van der Waals surface area contributed by atoms with E-state index in [0.29, 0.717) is 49.7 Å². The largest absolute Gasteiger partial charge is 0.453 e. The number of ether oxygens (including phenoxy) is 2. The van der Waals surface area contributed by atoms with Crippen molar-refractivity contribution in [3.63, 3.8) is 0 Å². The summed E-state index contributed by atoms with van der Waals surface area (Å²) < 4.78 is 48.3. The average molecular weight is 738 g/mol. The number of halogens is 1. The maximum Gasteiger partial charge on any atom is 0.219 e. The van der Waals surface area contributed by atoms with Gasteiger partial charge in [-0.2, -0.15) is 0 Å². The van der Waals surface area contributed by atoms with Gasteiger partial charge >= 0.3 is 0 Å². The number of anilines is 2. The Morgan fingerprint density at radius 1 is 1.02 bits per heavy atom. The first kappa shape index (κ1) is 40.2. The first-order valence-corrected chi connectivity index (χ1v) is 18.3. The molecule has 12 nitrogen and oxygen atoms in total. The second kappa shape index (κ2) is 19.8. The molecule has 0 radical (unpaired) electrons. The second-order valence-corrected chi connectivity index (χ2v) is 13.8. The van der Waals surface area contributed by atoms with Gasteiger partial charge in [-0.05, 0) is 48.0 Å². The van der Waals surface area contributed by atoms with Crippen molar-refractivity contribution < 1.29 is 36.7 Å². The van der Waals surface area contributed by atoms with Crippen LogP contribution < -0.4 is 15.4 Å². The number of rotatable bonds is 13. The fraction of sp³-hybridized carbons (Fsp3) is 0.250. The number of pyridine rings is 2. The van der Waals surface area contributed by atoms with Crippen molar-refractivity contribution in [2.24, 2.45) is 0 Å². The Morgan fingerprint density at radius 3 is 2.37 bits per heavy atom. The van der Waals surface area contributed by atoms with Crippen LogP contribution >= 0.6 is 11.3 Å². The quantitative estimate of drug-likeness (QED) is 0.127. The van der Waals surface area contributed by atoms with Crippen LogP contribution in [0.1, 0.15) is 25.8 Å². The summed E-state index contributed by atoms with van der Waals surface area (Å²) in [5.41, 5.74) is 3.60. The van der Waals surface area contributed by atoms with E-state index in [1.807, 2.05) is 25.1 Å². The van der Waals surface area contributed by atoms with E-state index < -0.39 is 15.7 Å². The molecule has 2 N–H and O–H groups in total. The molecular formula is C36H40FN5O7S2. The van der Waals surface area contributed by atoms with Gasteiger partial charge in [0.15, 0.2) is 21.4 Å². The Morgan fingerprint density at radius 2 is 1.78 bits per heavy atom. The molecule has 2 amide bonds. The number of aromatic nitrogens is 2. The number of fused-ring (bicyclic) bond motifs is 1. The van der Waals surface area contributed by atoms with Gasteiger partial charge < -0.3 is 29.8 Å². The molecular weight excluding hydrogens is 698 g/mol. The molecule has 0 aliphatic heterocycles. The molecule has 2 aromatic carbocycles. The van der Waals surface area contributed by atoms with E-state index in [1.54, 1.807) is 68.7 Å². The first-order chi connectivity index (χ1) is 24.4. The topological polar surface area (TPSA) is 157 Å². The molecule has 0 aliphatic rings. The molecule has 5 aromatic rings. The second-order valence-electron chi connectivity index (χ2n) is 10.8. The van der Waals surface area contributed by atoms with Gasteiger partial charge in [-0.15, -0.1) is 11.3 Å². The van der Waals surface area contributed by atoms with Crippen LogP contribution in [0.4, 0.5) is 15.8 Å². The van der Waals surface area contributed by atoms with Crippen LogP contribution in [0.25, 0.3) is 20.8 Å². The maximum atomic E-state index is 14.4. The van der Waals surface area contributed by atoms with E-state index in [9.17, 15) is 27.2 Å². The summed E-state index contributed by atoms with van der Waals surface area (Å²) in [7, 11) is 0.145. The van der Waals surface area contributed by atoms with Crippen LogP contribution in [-0.2, 0) is 35.5 Å². The normalized spacial score (nSPS) is 10.5. The highest BCUT2D eigenvalue weighted by molar-refractivity contribution is 7.90. The Balaban J connectivity index is 0.000000342. The molecule has 270 valence electrons. The van der Waals surface area contributed by atoms with Crippen LogP contribution in [0.5, 0.6) is 11.5 Å². The summed E-state index contributed by atoms with van der Waals surface area (Å²) in [6.07, 6.45) is 6.54. The van der Waals surface area contributed by atoms with Gasteiger partial charge in [0.1, 0.15) is 12.0 Å². The van der Waals surface area contributed by atoms with Crippen LogP contribution in [0.3, 0.4) is 0 Å². The number of hydrogen-bond acceptors (Lipinski definition) is 11. The third kappa shape index (κ3) is 12.2. The number of carbonyl (C=O) groups excluding carboxylic acids is 3. The van der Waals surface area contributed by atoms with Gasteiger partial charge in [0.25, 0.3) is 0 Å².